The minimum atomic E-state index is -3.39. The van der Waals surface area contributed by atoms with Gasteiger partial charge in [0.15, 0.2) is 0 Å². The van der Waals surface area contributed by atoms with Gasteiger partial charge in [0.05, 0.1) is 78.9 Å². The number of phosphoric acid groups is 1. The van der Waals surface area contributed by atoms with E-state index in [0.29, 0.717) is 85.6 Å². The molecule has 222 valence electrons. The fourth-order valence-electron chi connectivity index (χ4n) is 2.94. The Balaban J connectivity index is 1.74. The largest absolute Gasteiger partial charge is 0.474 e. The normalized spacial score (nSPS) is 11.8. The van der Waals surface area contributed by atoms with Crippen LogP contribution in [0.4, 0.5) is 0 Å². The van der Waals surface area contributed by atoms with Gasteiger partial charge in [-0.15, -0.1) is 5.10 Å². The van der Waals surface area contributed by atoms with Crippen LogP contribution in [0.1, 0.15) is 37.8 Å². The molecule has 15 heteroatoms. The van der Waals surface area contributed by atoms with Gasteiger partial charge in [-0.3, -0.25) is 23.0 Å². The van der Waals surface area contributed by atoms with Gasteiger partial charge in [-0.05, 0) is 12.8 Å². The third-order valence-corrected chi connectivity index (χ3v) is 6.34. The molecule has 1 aromatic rings. The number of unbranched alkanes of at least 4 members (excludes halogenated alkanes) is 3. The van der Waals surface area contributed by atoms with Crippen molar-refractivity contribution in [3.05, 3.63) is 11.9 Å². The summed E-state index contributed by atoms with van der Waals surface area (Å²) in [4.78, 5) is 11.8. The number of nitrogens with zero attached hydrogens (tertiary/aromatic N) is 3. The zero-order valence-corrected chi connectivity index (χ0v) is 23.9. The summed E-state index contributed by atoms with van der Waals surface area (Å²) < 4.78 is 55.0. The lowest BCUT2D eigenvalue weighted by atomic mass is 10.2. The Bertz CT molecular complexity index is 748. The maximum atomic E-state index is 11.8. The SMILES string of the molecule is COP(=O)(OC)OCCCCCCNC(=O)CCOCCOCCOCCOCCOCc1cn(C)nn1. The third kappa shape index (κ3) is 19.6. The fraction of sp³-hybridized carbons (Fsp3) is 0.870. The maximum absolute atomic E-state index is 11.8. The van der Waals surface area contributed by atoms with E-state index in [-0.39, 0.29) is 5.91 Å². The highest BCUT2D eigenvalue weighted by molar-refractivity contribution is 7.48. The van der Waals surface area contributed by atoms with Crippen molar-refractivity contribution >= 4 is 13.7 Å². The highest BCUT2D eigenvalue weighted by atomic mass is 31.2. The van der Waals surface area contributed by atoms with Crippen LogP contribution < -0.4 is 5.32 Å². The summed E-state index contributed by atoms with van der Waals surface area (Å²) in [6, 6.07) is 0. The van der Waals surface area contributed by atoms with Crippen LogP contribution in [-0.4, -0.2) is 108 Å². The molecule has 0 aliphatic heterocycles. The number of aromatic nitrogens is 3. The first-order valence-electron chi connectivity index (χ1n) is 12.9. The molecule has 1 heterocycles. The molecular formula is C23H45N4O10P. The van der Waals surface area contributed by atoms with E-state index in [1.807, 2.05) is 13.2 Å². The highest BCUT2D eigenvalue weighted by Gasteiger charge is 2.21. The van der Waals surface area contributed by atoms with Crippen molar-refractivity contribution in [3.63, 3.8) is 0 Å². The van der Waals surface area contributed by atoms with E-state index >= 15 is 0 Å². The zero-order valence-electron chi connectivity index (χ0n) is 23.0. The zero-order chi connectivity index (χ0) is 27.7. The van der Waals surface area contributed by atoms with Crippen LogP contribution in [0.5, 0.6) is 0 Å². The van der Waals surface area contributed by atoms with E-state index in [9.17, 15) is 9.36 Å². The summed E-state index contributed by atoms with van der Waals surface area (Å²) in [5, 5.41) is 10.6. The van der Waals surface area contributed by atoms with Crippen LogP contribution in [-0.2, 0) is 60.3 Å². The molecule has 38 heavy (non-hydrogen) atoms. The number of hydrogen-bond donors (Lipinski definition) is 1. The second-order valence-electron chi connectivity index (χ2n) is 8.05. The Hall–Kier alpha value is -1.48. The maximum Gasteiger partial charge on any atom is 0.474 e. The molecule has 0 atom stereocenters. The molecule has 14 nitrogen and oxygen atoms in total. The third-order valence-electron chi connectivity index (χ3n) is 4.95. The van der Waals surface area contributed by atoms with Crippen molar-refractivity contribution in [1.29, 1.82) is 0 Å². The van der Waals surface area contributed by atoms with E-state index in [4.69, 9.17) is 37.3 Å². The van der Waals surface area contributed by atoms with Crippen molar-refractivity contribution in [1.82, 2.24) is 20.3 Å². The van der Waals surface area contributed by atoms with Gasteiger partial charge >= 0.3 is 7.82 Å². The summed E-state index contributed by atoms with van der Waals surface area (Å²) in [6.07, 6.45) is 5.55. The van der Waals surface area contributed by atoms with Crippen molar-refractivity contribution in [2.24, 2.45) is 7.05 Å². The molecule has 0 unspecified atom stereocenters. The number of amides is 1. The fourth-order valence-corrected chi connectivity index (χ4v) is 3.65. The van der Waals surface area contributed by atoms with Gasteiger partial charge in [0.2, 0.25) is 5.91 Å². The topological polar surface area (TPSA) is 151 Å². The van der Waals surface area contributed by atoms with E-state index in [0.717, 1.165) is 31.4 Å². The minimum absolute atomic E-state index is 0.0388. The van der Waals surface area contributed by atoms with Crippen molar-refractivity contribution < 1.29 is 46.6 Å². The molecule has 0 aliphatic carbocycles. The molecular weight excluding hydrogens is 523 g/mol. The first kappa shape index (κ1) is 34.5. The molecule has 0 spiro atoms. The van der Waals surface area contributed by atoms with Crippen molar-refractivity contribution in [2.75, 3.05) is 86.8 Å². The first-order valence-corrected chi connectivity index (χ1v) is 14.3. The monoisotopic (exact) mass is 568 g/mol. The summed E-state index contributed by atoms with van der Waals surface area (Å²) in [5.41, 5.74) is 0.788. The van der Waals surface area contributed by atoms with Crippen LogP contribution in [0.3, 0.4) is 0 Å². The second-order valence-corrected chi connectivity index (χ2v) is 9.93. The van der Waals surface area contributed by atoms with E-state index < -0.39 is 7.82 Å². The molecule has 1 amide bonds. The van der Waals surface area contributed by atoms with Crippen LogP contribution in [0, 0.1) is 0 Å². The quantitative estimate of drug-likeness (QED) is 0.122. The average Bonchev–Trinajstić information content (AvgIpc) is 3.34. The Morgan fingerprint density at radius 1 is 0.816 bits per heavy atom. The average molecular weight is 569 g/mol. The summed E-state index contributed by atoms with van der Waals surface area (Å²) in [7, 11) is 0.992. The molecule has 0 saturated heterocycles. The number of carbonyl (C=O) groups excluding carboxylic acids is 1. The smallest absolute Gasteiger partial charge is 0.379 e. The predicted octanol–water partition coefficient (Wildman–Crippen LogP) is 1.88. The number of nitrogens with one attached hydrogen (secondary N) is 1. The number of hydrogen-bond acceptors (Lipinski definition) is 12. The Labute approximate surface area is 225 Å². The molecule has 1 rings (SSSR count). The molecule has 1 N–H and O–H groups in total. The van der Waals surface area contributed by atoms with Gasteiger partial charge < -0.3 is 29.0 Å². The van der Waals surface area contributed by atoms with E-state index in [1.165, 1.54) is 14.2 Å². The Morgan fingerprint density at radius 2 is 1.37 bits per heavy atom. The molecule has 1 aromatic heterocycles. The van der Waals surface area contributed by atoms with Crippen LogP contribution >= 0.6 is 7.82 Å². The summed E-state index contributed by atoms with van der Waals surface area (Å²) in [6.45, 7) is 5.43. The van der Waals surface area contributed by atoms with Crippen LogP contribution in [0.25, 0.3) is 0 Å². The first-order chi connectivity index (χ1) is 18.5. The van der Waals surface area contributed by atoms with Gasteiger partial charge in [0, 0.05) is 34.2 Å². The van der Waals surface area contributed by atoms with E-state index in [1.54, 1.807) is 4.68 Å². The number of carbonyl (C=O) groups is 1. The molecule has 0 aromatic carbocycles. The Kier molecular flexibility index (Phi) is 21.3. The van der Waals surface area contributed by atoms with Crippen LogP contribution in [0.15, 0.2) is 6.20 Å². The standard InChI is InChI=1S/C23H45N4O10P/c1-27-20-22(25-26-27)21-36-19-18-35-17-16-34-15-14-33-13-12-32-11-8-23(28)24-9-6-4-5-7-10-37-38(29,30-2)31-3/h20H,4-19,21H2,1-3H3,(H,24,28). The molecule has 0 fully saturated rings. The lowest BCUT2D eigenvalue weighted by Crippen LogP contribution is -2.25. The number of aryl methyl sites for hydroxylation is 1. The van der Waals surface area contributed by atoms with E-state index in [2.05, 4.69) is 15.6 Å². The lowest BCUT2D eigenvalue weighted by Gasteiger charge is -2.12. The van der Waals surface area contributed by atoms with Gasteiger partial charge in [0.1, 0.15) is 5.69 Å². The van der Waals surface area contributed by atoms with Gasteiger partial charge in [-0.25, -0.2) is 4.57 Å². The second kappa shape index (κ2) is 23.4. The Morgan fingerprint density at radius 3 is 1.92 bits per heavy atom. The van der Waals surface area contributed by atoms with Crippen molar-refractivity contribution in [3.8, 4) is 0 Å². The number of ether oxygens (including phenoxy) is 5. The number of rotatable bonds is 27. The van der Waals surface area contributed by atoms with Gasteiger partial charge in [-0.2, -0.15) is 0 Å². The van der Waals surface area contributed by atoms with Gasteiger partial charge in [-0.1, -0.05) is 18.1 Å². The highest BCUT2D eigenvalue weighted by Crippen LogP contribution is 2.47. The van der Waals surface area contributed by atoms with Gasteiger partial charge in [0.25, 0.3) is 0 Å². The lowest BCUT2D eigenvalue weighted by molar-refractivity contribution is -0.122. The summed E-state index contributed by atoms with van der Waals surface area (Å²) in [5.74, 6) is -0.0388. The van der Waals surface area contributed by atoms with Crippen LogP contribution in [0.2, 0.25) is 0 Å². The molecule has 0 radical (unpaired) electrons. The summed E-state index contributed by atoms with van der Waals surface area (Å²) >= 11 is 0. The predicted molar refractivity (Wildman–Crippen MR) is 138 cm³/mol. The minimum Gasteiger partial charge on any atom is -0.379 e. The van der Waals surface area contributed by atoms with Crippen molar-refractivity contribution in [2.45, 2.75) is 38.7 Å². The number of phosphoric ester groups is 1. The molecule has 0 saturated carbocycles. The molecule has 0 bridgehead atoms. The molecule has 0 aliphatic rings.